The Kier molecular flexibility index (Phi) is 4.27. The van der Waals surface area contributed by atoms with E-state index in [1.165, 1.54) is 10.4 Å². The molecular formula is C20H19N5O2. The monoisotopic (exact) mass is 361 g/mol. The van der Waals surface area contributed by atoms with Gasteiger partial charge in [0.2, 0.25) is 11.7 Å². The maximum absolute atomic E-state index is 12.6. The summed E-state index contributed by atoms with van der Waals surface area (Å²) in [6, 6.07) is 13.3. The van der Waals surface area contributed by atoms with Gasteiger partial charge in [-0.3, -0.25) is 9.59 Å². The van der Waals surface area contributed by atoms with Gasteiger partial charge in [0.25, 0.3) is 0 Å². The molecule has 2 aromatic carbocycles. The number of carbonyl (C=O) groups excluding carboxylic acids is 2. The minimum Gasteiger partial charge on any atom is -0.315 e. The van der Waals surface area contributed by atoms with Crippen molar-refractivity contribution in [2.24, 2.45) is 0 Å². The topological polar surface area (TPSA) is 81.0 Å². The molecule has 1 aliphatic rings. The first-order valence-corrected chi connectivity index (χ1v) is 8.85. The van der Waals surface area contributed by atoms with Crippen molar-refractivity contribution in [2.45, 2.75) is 26.3 Å². The quantitative estimate of drug-likeness (QED) is 0.652. The number of hydrogen-bond donors (Lipinski definition) is 0. The lowest BCUT2D eigenvalue weighted by Gasteiger charge is -2.10. The van der Waals surface area contributed by atoms with E-state index in [2.05, 4.69) is 22.3 Å². The van der Waals surface area contributed by atoms with Gasteiger partial charge in [0, 0.05) is 23.9 Å². The largest absolute Gasteiger partial charge is 0.315 e. The van der Waals surface area contributed by atoms with Crippen LogP contribution in [0.25, 0.3) is 11.4 Å². The van der Waals surface area contributed by atoms with E-state index in [0.29, 0.717) is 17.8 Å². The molecule has 1 aromatic heterocycles. The highest BCUT2D eigenvalue weighted by atomic mass is 16.2. The van der Waals surface area contributed by atoms with Gasteiger partial charge in [-0.2, -0.15) is 4.80 Å². The van der Waals surface area contributed by atoms with E-state index in [9.17, 15) is 9.59 Å². The molecule has 0 radical (unpaired) electrons. The number of tetrazole rings is 1. The molecule has 2 heterocycles. The van der Waals surface area contributed by atoms with Crippen molar-refractivity contribution in [3.63, 3.8) is 0 Å². The van der Waals surface area contributed by atoms with Crippen molar-refractivity contribution < 1.29 is 9.59 Å². The number of aryl methyl sites for hydroxylation is 1. The van der Waals surface area contributed by atoms with Gasteiger partial charge in [-0.25, -0.2) is 0 Å². The molecule has 7 nitrogen and oxygen atoms in total. The highest BCUT2D eigenvalue weighted by Gasteiger charge is 2.25. The molecule has 0 saturated heterocycles. The lowest BCUT2D eigenvalue weighted by atomic mass is 10.1. The standard InChI is InChI=1S/C20H19N5O2/c1-3-13-4-6-14(7-5-13)20-21-23-25(22-20)12-18(26)15-8-9-17-16(10-15)11-19(27)24(17)2/h4-10H,3,11-12H2,1-2H3. The predicted octanol–water partition coefficient (Wildman–Crippen LogP) is 2.30. The summed E-state index contributed by atoms with van der Waals surface area (Å²) in [6.07, 6.45) is 1.30. The number of aromatic nitrogens is 4. The van der Waals surface area contributed by atoms with Crippen molar-refractivity contribution in [1.82, 2.24) is 20.2 Å². The van der Waals surface area contributed by atoms with Crippen molar-refractivity contribution in [3.8, 4) is 11.4 Å². The number of benzene rings is 2. The highest BCUT2D eigenvalue weighted by molar-refractivity contribution is 6.03. The Morgan fingerprint density at radius 3 is 2.67 bits per heavy atom. The van der Waals surface area contributed by atoms with E-state index < -0.39 is 0 Å². The van der Waals surface area contributed by atoms with E-state index in [1.54, 1.807) is 24.1 Å². The zero-order chi connectivity index (χ0) is 19.0. The summed E-state index contributed by atoms with van der Waals surface area (Å²) < 4.78 is 0. The second kappa shape index (κ2) is 6.75. The van der Waals surface area contributed by atoms with Crippen molar-refractivity contribution in [1.29, 1.82) is 0 Å². The number of nitrogens with zero attached hydrogens (tertiary/aromatic N) is 5. The van der Waals surface area contributed by atoms with E-state index in [-0.39, 0.29) is 18.2 Å². The first kappa shape index (κ1) is 17.1. The maximum Gasteiger partial charge on any atom is 0.231 e. The van der Waals surface area contributed by atoms with Crippen LogP contribution >= 0.6 is 0 Å². The van der Waals surface area contributed by atoms with E-state index in [0.717, 1.165) is 23.2 Å². The highest BCUT2D eigenvalue weighted by Crippen LogP contribution is 2.28. The third kappa shape index (κ3) is 3.23. The normalized spacial score (nSPS) is 13.1. The summed E-state index contributed by atoms with van der Waals surface area (Å²) in [5.74, 6) is 0.406. The second-order valence-corrected chi connectivity index (χ2v) is 6.59. The Balaban J connectivity index is 1.50. The maximum atomic E-state index is 12.6. The number of anilines is 1. The number of fused-ring (bicyclic) bond motifs is 1. The average molecular weight is 361 g/mol. The fraction of sp³-hybridized carbons (Fsp3) is 0.250. The van der Waals surface area contributed by atoms with Gasteiger partial charge >= 0.3 is 0 Å². The molecule has 0 atom stereocenters. The van der Waals surface area contributed by atoms with Crippen molar-refractivity contribution in [2.75, 3.05) is 11.9 Å². The summed E-state index contributed by atoms with van der Waals surface area (Å²) in [7, 11) is 1.74. The molecule has 0 unspecified atom stereocenters. The van der Waals surface area contributed by atoms with Gasteiger partial charge < -0.3 is 4.90 Å². The second-order valence-electron chi connectivity index (χ2n) is 6.59. The molecule has 3 aromatic rings. The van der Waals surface area contributed by atoms with Crippen LogP contribution < -0.4 is 4.90 Å². The number of rotatable bonds is 5. The van der Waals surface area contributed by atoms with Crippen LogP contribution in [0.4, 0.5) is 5.69 Å². The van der Waals surface area contributed by atoms with Crippen molar-refractivity contribution >= 4 is 17.4 Å². The molecule has 27 heavy (non-hydrogen) atoms. The van der Waals surface area contributed by atoms with Crippen LogP contribution in [0.5, 0.6) is 0 Å². The van der Waals surface area contributed by atoms with Crippen LogP contribution in [0.2, 0.25) is 0 Å². The number of hydrogen-bond acceptors (Lipinski definition) is 5. The number of ketones is 1. The van der Waals surface area contributed by atoms with Gasteiger partial charge in [0.1, 0.15) is 6.54 Å². The molecule has 1 aliphatic heterocycles. The Hall–Kier alpha value is -3.35. The first-order valence-electron chi connectivity index (χ1n) is 8.85. The summed E-state index contributed by atoms with van der Waals surface area (Å²) in [5, 5.41) is 12.3. The van der Waals surface area contributed by atoms with Crippen LogP contribution in [-0.4, -0.2) is 38.9 Å². The third-order valence-corrected chi connectivity index (χ3v) is 4.84. The van der Waals surface area contributed by atoms with Gasteiger partial charge in [-0.05, 0) is 41.0 Å². The Morgan fingerprint density at radius 2 is 1.93 bits per heavy atom. The molecule has 7 heteroatoms. The zero-order valence-electron chi connectivity index (χ0n) is 15.2. The van der Waals surface area contributed by atoms with Crippen LogP contribution in [0.3, 0.4) is 0 Å². The number of amides is 1. The minimum atomic E-state index is -0.120. The number of likely N-dealkylation sites (N-methyl/N-ethyl adjacent to an activating group) is 1. The fourth-order valence-electron chi connectivity index (χ4n) is 3.18. The average Bonchev–Trinajstić information content (AvgIpc) is 3.26. The zero-order valence-corrected chi connectivity index (χ0v) is 15.2. The van der Waals surface area contributed by atoms with Gasteiger partial charge in [-0.15, -0.1) is 10.2 Å². The Morgan fingerprint density at radius 1 is 1.15 bits per heavy atom. The van der Waals surface area contributed by atoms with Crippen LogP contribution in [0.1, 0.15) is 28.4 Å². The SMILES string of the molecule is CCc1ccc(-c2nnn(CC(=O)c3ccc4c(c3)CC(=O)N4C)n2)cc1. The summed E-state index contributed by atoms with van der Waals surface area (Å²) in [4.78, 5) is 27.3. The molecule has 136 valence electrons. The Bertz CT molecular complexity index is 1020. The smallest absolute Gasteiger partial charge is 0.231 e. The molecule has 1 amide bonds. The van der Waals surface area contributed by atoms with Gasteiger partial charge in [0.15, 0.2) is 5.78 Å². The predicted molar refractivity (Wildman–Crippen MR) is 101 cm³/mol. The molecule has 0 aliphatic carbocycles. The summed E-state index contributed by atoms with van der Waals surface area (Å²) >= 11 is 0. The van der Waals surface area contributed by atoms with Gasteiger partial charge in [-0.1, -0.05) is 31.2 Å². The minimum absolute atomic E-state index is 0.00260. The van der Waals surface area contributed by atoms with Crippen LogP contribution in [0.15, 0.2) is 42.5 Å². The first-order chi connectivity index (χ1) is 13.0. The van der Waals surface area contributed by atoms with Crippen LogP contribution in [-0.2, 0) is 24.2 Å². The molecule has 0 N–H and O–H groups in total. The van der Waals surface area contributed by atoms with Gasteiger partial charge in [0.05, 0.1) is 6.42 Å². The van der Waals surface area contributed by atoms with Crippen LogP contribution in [0, 0.1) is 0 Å². The molecule has 0 bridgehead atoms. The Labute approximate surface area is 156 Å². The molecule has 4 rings (SSSR count). The summed E-state index contributed by atoms with van der Waals surface area (Å²) in [6.45, 7) is 2.10. The lowest BCUT2D eigenvalue weighted by molar-refractivity contribution is -0.117. The van der Waals surface area contributed by atoms with E-state index in [4.69, 9.17) is 0 Å². The van der Waals surface area contributed by atoms with E-state index >= 15 is 0 Å². The fourth-order valence-corrected chi connectivity index (χ4v) is 3.18. The number of carbonyl (C=O) groups is 2. The molecule has 0 saturated carbocycles. The lowest BCUT2D eigenvalue weighted by Crippen LogP contribution is -2.20. The third-order valence-electron chi connectivity index (χ3n) is 4.84. The number of Topliss-reactive ketones (excluding diaryl/α,β-unsaturated/α-hetero) is 1. The molecular weight excluding hydrogens is 342 g/mol. The summed E-state index contributed by atoms with van der Waals surface area (Å²) in [5.41, 5.74) is 4.37. The molecule has 0 spiro atoms. The van der Waals surface area contributed by atoms with E-state index in [1.807, 2.05) is 30.3 Å². The molecule has 0 fully saturated rings. The van der Waals surface area contributed by atoms with Crippen molar-refractivity contribution in [3.05, 3.63) is 59.2 Å².